The van der Waals surface area contributed by atoms with Gasteiger partial charge in [0.05, 0.1) is 13.2 Å². The molecular weight excluding hydrogens is 309 g/mol. The van der Waals surface area contributed by atoms with Gasteiger partial charge in [-0.2, -0.15) is 0 Å². The molecule has 0 radical (unpaired) electrons. The van der Waals surface area contributed by atoms with E-state index in [1.165, 1.54) is 19.2 Å². The van der Waals surface area contributed by atoms with Crippen molar-refractivity contribution in [2.24, 2.45) is 4.99 Å². The summed E-state index contributed by atoms with van der Waals surface area (Å²) in [5.41, 5.74) is 1.12. The second kappa shape index (κ2) is 5.49. The fourth-order valence-electron chi connectivity index (χ4n) is 2.90. The number of amides is 1. The average molecular weight is 323 g/mol. The van der Waals surface area contributed by atoms with Crippen LogP contribution < -0.4 is 10.1 Å². The van der Waals surface area contributed by atoms with Gasteiger partial charge in [0.2, 0.25) is 0 Å². The van der Waals surface area contributed by atoms with E-state index in [9.17, 15) is 9.18 Å². The number of fused-ring (bicyclic) bond motifs is 3. The standard InChI is InChI=1S/C18H14FN3O2/c1-24-11-7-8-12(13(19)9-11)17-18(23)22-15-6-4-2-3-5-14(15)20-10-16(22)21-17/h2-10,15,20H,1H3. The monoisotopic (exact) mass is 323 g/mol. The second-order valence-corrected chi connectivity index (χ2v) is 5.46. The molecule has 0 bridgehead atoms. The number of halogens is 1. The van der Waals surface area contributed by atoms with E-state index in [4.69, 9.17) is 4.74 Å². The van der Waals surface area contributed by atoms with Gasteiger partial charge in [0, 0.05) is 23.5 Å². The Labute approximate surface area is 138 Å². The van der Waals surface area contributed by atoms with Crippen molar-refractivity contribution < 1.29 is 13.9 Å². The number of rotatable bonds is 2. The molecule has 3 aliphatic rings. The van der Waals surface area contributed by atoms with Crippen LogP contribution >= 0.6 is 0 Å². The molecule has 2 heterocycles. The number of ether oxygens (including phenoxy) is 1. The predicted octanol–water partition coefficient (Wildman–Crippen LogP) is 2.25. The first kappa shape index (κ1) is 14.4. The summed E-state index contributed by atoms with van der Waals surface area (Å²) < 4.78 is 19.3. The molecule has 1 aromatic rings. The lowest BCUT2D eigenvalue weighted by atomic mass is 10.1. The minimum Gasteiger partial charge on any atom is -0.497 e. The lowest BCUT2D eigenvalue weighted by Crippen LogP contribution is -2.44. The number of allylic oxidation sites excluding steroid dienone is 4. The first-order valence-corrected chi connectivity index (χ1v) is 7.47. The van der Waals surface area contributed by atoms with Gasteiger partial charge >= 0.3 is 0 Å². The highest BCUT2D eigenvalue weighted by molar-refractivity contribution is 6.47. The van der Waals surface area contributed by atoms with Crippen molar-refractivity contribution in [1.29, 1.82) is 0 Å². The van der Waals surface area contributed by atoms with Crippen LogP contribution in [0.1, 0.15) is 5.56 Å². The maximum atomic E-state index is 14.3. The van der Waals surface area contributed by atoms with Gasteiger partial charge in [-0.1, -0.05) is 24.3 Å². The van der Waals surface area contributed by atoms with Crippen molar-refractivity contribution in [3.63, 3.8) is 0 Å². The second-order valence-electron chi connectivity index (χ2n) is 5.46. The van der Waals surface area contributed by atoms with Crippen LogP contribution in [0.25, 0.3) is 0 Å². The molecule has 4 rings (SSSR count). The van der Waals surface area contributed by atoms with Gasteiger partial charge in [0.25, 0.3) is 5.91 Å². The van der Waals surface area contributed by atoms with E-state index in [2.05, 4.69) is 10.3 Å². The van der Waals surface area contributed by atoms with Crippen LogP contribution in [0.15, 0.2) is 71.3 Å². The Morgan fingerprint density at radius 1 is 1.29 bits per heavy atom. The molecule has 0 aromatic heterocycles. The van der Waals surface area contributed by atoms with Gasteiger partial charge in [-0.15, -0.1) is 0 Å². The molecule has 0 saturated heterocycles. The molecular formula is C18H14FN3O2. The Balaban J connectivity index is 1.74. The van der Waals surface area contributed by atoms with Crippen molar-refractivity contribution in [2.45, 2.75) is 6.04 Å². The highest BCUT2D eigenvalue weighted by atomic mass is 19.1. The van der Waals surface area contributed by atoms with Crippen molar-refractivity contribution in [1.82, 2.24) is 10.2 Å². The van der Waals surface area contributed by atoms with E-state index < -0.39 is 5.82 Å². The molecule has 0 spiro atoms. The Hall–Kier alpha value is -3.15. The Morgan fingerprint density at radius 2 is 2.17 bits per heavy atom. The SMILES string of the molecule is COc1ccc(C2=NC3=CNC4=CC=CC=CC4N3C2=O)c(F)c1. The van der Waals surface area contributed by atoms with Gasteiger partial charge in [-0.3, -0.25) is 9.69 Å². The van der Waals surface area contributed by atoms with Crippen molar-refractivity contribution >= 4 is 11.6 Å². The van der Waals surface area contributed by atoms with E-state index in [0.29, 0.717) is 11.6 Å². The topological polar surface area (TPSA) is 53.9 Å². The molecule has 24 heavy (non-hydrogen) atoms. The number of nitrogens with one attached hydrogen (secondary N) is 1. The maximum absolute atomic E-state index is 14.3. The number of methoxy groups -OCH3 is 1. The third-order valence-electron chi connectivity index (χ3n) is 4.08. The fraction of sp³-hybridized carbons (Fsp3) is 0.111. The Morgan fingerprint density at radius 3 is 2.96 bits per heavy atom. The third kappa shape index (κ3) is 2.15. The Bertz CT molecular complexity index is 880. The quantitative estimate of drug-likeness (QED) is 0.908. The van der Waals surface area contributed by atoms with Gasteiger partial charge in [0.15, 0.2) is 5.82 Å². The normalized spacial score (nSPS) is 21.2. The lowest BCUT2D eigenvalue weighted by molar-refractivity contribution is -0.122. The van der Waals surface area contributed by atoms with E-state index >= 15 is 0 Å². The van der Waals surface area contributed by atoms with Crippen molar-refractivity contribution in [3.8, 4) is 5.75 Å². The zero-order valence-corrected chi connectivity index (χ0v) is 12.9. The minimum absolute atomic E-state index is 0.0926. The van der Waals surface area contributed by atoms with Gasteiger partial charge < -0.3 is 10.1 Å². The smallest absolute Gasteiger partial charge is 0.279 e. The summed E-state index contributed by atoms with van der Waals surface area (Å²) >= 11 is 0. The number of hydrogen-bond acceptors (Lipinski definition) is 4. The molecule has 5 nitrogen and oxygen atoms in total. The van der Waals surface area contributed by atoms with Crippen LogP contribution in [0, 0.1) is 5.82 Å². The first-order valence-electron chi connectivity index (χ1n) is 7.47. The van der Waals surface area contributed by atoms with E-state index in [1.807, 2.05) is 30.4 Å². The molecule has 1 amide bonds. The van der Waals surface area contributed by atoms with E-state index in [0.717, 1.165) is 5.70 Å². The number of hydrogen-bond donors (Lipinski definition) is 1. The molecule has 120 valence electrons. The molecule has 1 atom stereocenters. The molecule has 0 fully saturated rings. The van der Waals surface area contributed by atoms with Crippen LogP contribution in [0.4, 0.5) is 4.39 Å². The summed E-state index contributed by atoms with van der Waals surface area (Å²) in [7, 11) is 1.46. The van der Waals surface area contributed by atoms with Crippen LogP contribution in [-0.4, -0.2) is 29.7 Å². The summed E-state index contributed by atoms with van der Waals surface area (Å²) in [6, 6.07) is 4.09. The molecule has 0 saturated carbocycles. The number of carbonyl (C=O) groups is 1. The zero-order chi connectivity index (χ0) is 16.7. The van der Waals surface area contributed by atoms with Crippen LogP contribution in [-0.2, 0) is 4.79 Å². The highest BCUT2D eigenvalue weighted by Gasteiger charge is 2.39. The first-order chi connectivity index (χ1) is 11.7. The fourth-order valence-corrected chi connectivity index (χ4v) is 2.90. The van der Waals surface area contributed by atoms with Crippen LogP contribution in [0.2, 0.25) is 0 Å². The van der Waals surface area contributed by atoms with Gasteiger partial charge in [-0.05, 0) is 18.2 Å². The molecule has 1 unspecified atom stereocenters. The average Bonchev–Trinajstić information content (AvgIpc) is 2.77. The van der Waals surface area contributed by atoms with Gasteiger partial charge in [0.1, 0.15) is 17.3 Å². The van der Waals surface area contributed by atoms with Crippen molar-refractivity contribution in [3.05, 3.63) is 77.7 Å². The summed E-state index contributed by atoms with van der Waals surface area (Å²) in [4.78, 5) is 18.8. The third-order valence-corrected chi connectivity index (χ3v) is 4.08. The molecule has 1 aliphatic carbocycles. The van der Waals surface area contributed by atoms with E-state index in [-0.39, 0.29) is 23.2 Å². The molecule has 1 aromatic carbocycles. The summed E-state index contributed by atoms with van der Waals surface area (Å²) in [6.07, 6.45) is 11.1. The Kier molecular flexibility index (Phi) is 3.30. The minimum atomic E-state index is -0.538. The van der Waals surface area contributed by atoms with Crippen LogP contribution in [0.3, 0.4) is 0 Å². The molecule has 1 N–H and O–H groups in total. The molecule has 6 heteroatoms. The molecule has 2 aliphatic heterocycles. The summed E-state index contributed by atoms with van der Waals surface area (Å²) in [6.45, 7) is 0. The van der Waals surface area contributed by atoms with Gasteiger partial charge in [-0.25, -0.2) is 9.38 Å². The largest absolute Gasteiger partial charge is 0.497 e. The zero-order valence-electron chi connectivity index (χ0n) is 12.9. The summed E-state index contributed by atoms with van der Waals surface area (Å²) in [5.74, 6) is 0.000720. The number of aliphatic imine (C=N–C) groups is 1. The number of carbonyl (C=O) groups excluding carboxylic acids is 1. The van der Waals surface area contributed by atoms with E-state index in [1.54, 1.807) is 17.2 Å². The van der Waals surface area contributed by atoms with Crippen molar-refractivity contribution in [2.75, 3.05) is 7.11 Å². The van der Waals surface area contributed by atoms with Crippen LogP contribution in [0.5, 0.6) is 5.75 Å². The predicted molar refractivity (Wildman–Crippen MR) is 87.7 cm³/mol. The maximum Gasteiger partial charge on any atom is 0.279 e. The lowest BCUT2D eigenvalue weighted by Gasteiger charge is -2.31. The highest BCUT2D eigenvalue weighted by Crippen LogP contribution is 2.30. The summed E-state index contributed by atoms with van der Waals surface area (Å²) in [5, 5.41) is 3.14. The number of nitrogens with zero attached hydrogens (tertiary/aromatic N) is 2. The number of benzene rings is 1.